The Morgan fingerprint density at radius 3 is 2.27 bits per heavy atom. The van der Waals surface area contributed by atoms with Crippen molar-refractivity contribution in [2.24, 2.45) is 0 Å². The molecule has 0 radical (unpaired) electrons. The highest BCUT2D eigenvalue weighted by Gasteiger charge is 2.14. The molecule has 0 N–H and O–H groups in total. The third kappa shape index (κ3) is 3.57. The van der Waals surface area contributed by atoms with Gasteiger partial charge >= 0.3 is 0 Å². The minimum Gasteiger partial charge on any atom is -0.493 e. The fourth-order valence-corrected chi connectivity index (χ4v) is 2.56. The van der Waals surface area contributed by atoms with Gasteiger partial charge in [0.05, 0.1) is 12.0 Å². The number of hydrogen-bond donors (Lipinski definition) is 0. The van der Waals surface area contributed by atoms with Crippen molar-refractivity contribution in [1.29, 1.82) is 0 Å². The van der Waals surface area contributed by atoms with Crippen molar-refractivity contribution in [2.45, 2.75) is 18.2 Å². The molecule has 0 unspecified atom stereocenters. The monoisotopic (exact) mass is 324 g/mol. The predicted octanol–water partition coefficient (Wildman–Crippen LogP) is 3.59. The highest BCUT2D eigenvalue weighted by Crippen LogP contribution is 2.34. The molecule has 0 amide bonds. The lowest BCUT2D eigenvalue weighted by Gasteiger charge is -2.12. The Morgan fingerprint density at radius 1 is 1.05 bits per heavy atom. The average Bonchev–Trinajstić information content (AvgIpc) is 2.48. The first-order valence-electron chi connectivity index (χ1n) is 6.69. The maximum absolute atomic E-state index is 14.0. The Bertz CT molecular complexity index is 785. The summed E-state index contributed by atoms with van der Waals surface area (Å²) in [6.07, 6.45) is 1.86. The Morgan fingerprint density at radius 2 is 1.73 bits per heavy atom. The van der Waals surface area contributed by atoms with E-state index in [0.717, 1.165) is 24.3 Å². The Labute approximate surface area is 129 Å². The van der Waals surface area contributed by atoms with E-state index in [0.29, 0.717) is 11.5 Å². The second-order valence-corrected chi connectivity index (χ2v) is 6.82. The van der Waals surface area contributed by atoms with Crippen LogP contribution in [0.25, 0.3) is 0 Å². The highest BCUT2D eigenvalue weighted by molar-refractivity contribution is 7.90. The van der Waals surface area contributed by atoms with E-state index in [1.54, 1.807) is 6.07 Å². The smallest absolute Gasteiger partial charge is 0.175 e. The van der Waals surface area contributed by atoms with Gasteiger partial charge in [0.25, 0.3) is 0 Å². The van der Waals surface area contributed by atoms with Gasteiger partial charge in [0.2, 0.25) is 0 Å². The fourth-order valence-electron chi connectivity index (χ4n) is 1.93. The molecule has 2 aromatic rings. The molecule has 0 aromatic heterocycles. The first-order chi connectivity index (χ1) is 10.3. The fraction of sp³-hybridized carbons (Fsp3) is 0.250. The van der Waals surface area contributed by atoms with Gasteiger partial charge in [-0.3, -0.25) is 0 Å². The van der Waals surface area contributed by atoms with Gasteiger partial charge in [-0.2, -0.15) is 0 Å². The average molecular weight is 324 g/mol. The van der Waals surface area contributed by atoms with Crippen LogP contribution >= 0.6 is 0 Å². The summed E-state index contributed by atoms with van der Waals surface area (Å²) in [6.45, 7) is 2.01. The van der Waals surface area contributed by atoms with Crippen LogP contribution in [0, 0.1) is 5.82 Å². The summed E-state index contributed by atoms with van der Waals surface area (Å²) < 4.78 is 47.6. The number of sulfone groups is 1. The number of aryl methyl sites for hydroxylation is 1. The van der Waals surface area contributed by atoms with Crippen LogP contribution in [-0.2, 0) is 16.3 Å². The molecule has 0 heterocycles. The van der Waals surface area contributed by atoms with Crippen molar-refractivity contribution < 1.29 is 22.3 Å². The van der Waals surface area contributed by atoms with E-state index in [4.69, 9.17) is 9.47 Å². The lowest BCUT2D eigenvalue weighted by Crippen LogP contribution is -1.99. The van der Waals surface area contributed by atoms with Crippen LogP contribution in [-0.4, -0.2) is 21.8 Å². The molecular formula is C16H17FO4S. The van der Waals surface area contributed by atoms with Crippen LogP contribution in [0.1, 0.15) is 12.5 Å². The summed E-state index contributed by atoms with van der Waals surface area (Å²) in [6, 6.07) is 8.91. The minimum atomic E-state index is -3.46. The summed E-state index contributed by atoms with van der Waals surface area (Å²) >= 11 is 0. The van der Waals surface area contributed by atoms with Crippen LogP contribution in [0.2, 0.25) is 0 Å². The molecule has 0 atom stereocenters. The molecular weight excluding hydrogens is 307 g/mol. The van der Waals surface area contributed by atoms with Crippen molar-refractivity contribution in [3.05, 3.63) is 47.8 Å². The third-order valence-electron chi connectivity index (χ3n) is 3.19. The molecule has 6 heteroatoms. The van der Waals surface area contributed by atoms with Gasteiger partial charge in [0.15, 0.2) is 32.9 Å². The molecule has 0 aliphatic rings. The van der Waals surface area contributed by atoms with Crippen LogP contribution in [0.3, 0.4) is 0 Å². The van der Waals surface area contributed by atoms with Crippen molar-refractivity contribution in [3.8, 4) is 17.2 Å². The third-order valence-corrected chi connectivity index (χ3v) is 4.30. The Hall–Kier alpha value is -2.08. The highest BCUT2D eigenvalue weighted by atomic mass is 32.2. The van der Waals surface area contributed by atoms with Crippen molar-refractivity contribution in [1.82, 2.24) is 0 Å². The summed E-state index contributed by atoms with van der Waals surface area (Å²) in [7, 11) is -1.95. The van der Waals surface area contributed by atoms with E-state index in [9.17, 15) is 12.8 Å². The molecule has 0 saturated heterocycles. The number of benzene rings is 2. The van der Waals surface area contributed by atoms with E-state index >= 15 is 0 Å². The quantitative estimate of drug-likeness (QED) is 0.843. The van der Waals surface area contributed by atoms with E-state index in [2.05, 4.69) is 0 Å². The molecule has 118 valence electrons. The summed E-state index contributed by atoms with van der Waals surface area (Å²) in [4.78, 5) is -0.0920. The number of ether oxygens (including phenoxy) is 2. The van der Waals surface area contributed by atoms with E-state index < -0.39 is 15.7 Å². The first kappa shape index (κ1) is 16.3. The number of rotatable bonds is 5. The van der Waals surface area contributed by atoms with Crippen molar-refractivity contribution in [2.75, 3.05) is 13.4 Å². The second kappa shape index (κ2) is 6.36. The first-order valence-corrected chi connectivity index (χ1v) is 8.58. The van der Waals surface area contributed by atoms with Crippen LogP contribution in [0.15, 0.2) is 41.3 Å². The zero-order valence-corrected chi connectivity index (χ0v) is 13.4. The van der Waals surface area contributed by atoms with Crippen molar-refractivity contribution in [3.63, 3.8) is 0 Å². The number of hydrogen-bond acceptors (Lipinski definition) is 4. The summed E-state index contributed by atoms with van der Waals surface area (Å²) in [5.74, 6) is 0.0520. The van der Waals surface area contributed by atoms with Crippen LogP contribution in [0.4, 0.5) is 4.39 Å². The SMILES string of the molecule is CCc1ccc(Oc2ccc(S(C)(=O)=O)cc2F)c(OC)c1. The van der Waals surface area contributed by atoms with Gasteiger partial charge < -0.3 is 9.47 Å². The molecule has 2 rings (SSSR count). The number of halogens is 1. The molecule has 0 saturated carbocycles. The van der Waals surface area contributed by atoms with Gasteiger partial charge in [0, 0.05) is 6.26 Å². The van der Waals surface area contributed by atoms with Gasteiger partial charge in [-0.1, -0.05) is 13.0 Å². The molecule has 0 bridgehead atoms. The topological polar surface area (TPSA) is 52.6 Å². The van der Waals surface area contributed by atoms with Gasteiger partial charge in [-0.25, -0.2) is 12.8 Å². The Kier molecular flexibility index (Phi) is 4.71. The van der Waals surface area contributed by atoms with Crippen LogP contribution < -0.4 is 9.47 Å². The van der Waals surface area contributed by atoms with E-state index in [1.807, 2.05) is 19.1 Å². The largest absolute Gasteiger partial charge is 0.493 e. The molecule has 22 heavy (non-hydrogen) atoms. The van der Waals surface area contributed by atoms with Gasteiger partial charge in [-0.15, -0.1) is 0 Å². The second-order valence-electron chi connectivity index (χ2n) is 4.81. The normalized spacial score (nSPS) is 11.3. The summed E-state index contributed by atoms with van der Waals surface area (Å²) in [5.41, 5.74) is 1.07. The summed E-state index contributed by atoms with van der Waals surface area (Å²) in [5, 5.41) is 0. The zero-order valence-electron chi connectivity index (χ0n) is 12.6. The maximum atomic E-state index is 14.0. The molecule has 0 aliphatic heterocycles. The van der Waals surface area contributed by atoms with Gasteiger partial charge in [0.1, 0.15) is 0 Å². The molecule has 0 aliphatic carbocycles. The molecule has 0 spiro atoms. The van der Waals surface area contributed by atoms with Crippen LogP contribution in [0.5, 0.6) is 17.2 Å². The zero-order chi connectivity index (χ0) is 16.3. The molecule has 0 fully saturated rings. The van der Waals surface area contributed by atoms with Gasteiger partial charge in [-0.05, 0) is 42.3 Å². The lowest BCUT2D eigenvalue weighted by molar-refractivity contribution is 0.370. The van der Waals surface area contributed by atoms with E-state index in [1.165, 1.54) is 19.2 Å². The lowest BCUT2D eigenvalue weighted by atomic mass is 10.1. The minimum absolute atomic E-state index is 0.0602. The molecule has 4 nitrogen and oxygen atoms in total. The maximum Gasteiger partial charge on any atom is 0.175 e. The number of methoxy groups -OCH3 is 1. The standard InChI is InChI=1S/C16H17FO4S/c1-4-11-5-7-15(16(9-11)20-2)21-14-8-6-12(10-13(14)17)22(3,18)19/h5-10H,4H2,1-3H3. The van der Waals surface area contributed by atoms with E-state index in [-0.39, 0.29) is 10.6 Å². The molecule has 2 aromatic carbocycles. The predicted molar refractivity (Wildman–Crippen MR) is 82.0 cm³/mol. The van der Waals surface area contributed by atoms with Crippen molar-refractivity contribution >= 4 is 9.84 Å². The Balaban J connectivity index is 2.35.